The van der Waals surface area contributed by atoms with Gasteiger partial charge in [0.15, 0.2) is 0 Å². The molecule has 1 aliphatic heterocycles. The molecular weight excluding hydrogens is 470 g/mol. The summed E-state index contributed by atoms with van der Waals surface area (Å²) in [5.41, 5.74) is 0.483. The Balaban J connectivity index is 1.56. The van der Waals surface area contributed by atoms with Crippen LogP contribution in [0.2, 0.25) is 10.0 Å². The molecule has 0 bridgehead atoms. The van der Waals surface area contributed by atoms with Crippen molar-refractivity contribution in [1.29, 1.82) is 0 Å². The molecule has 3 rings (SSSR count). The van der Waals surface area contributed by atoms with Crippen LogP contribution in [0.4, 0.5) is 13.2 Å². The largest absolute Gasteiger partial charge is 0.411 e. The summed E-state index contributed by atoms with van der Waals surface area (Å²) in [7, 11) is 0. The summed E-state index contributed by atoms with van der Waals surface area (Å²) in [6, 6.07) is 5.11. The maximum atomic E-state index is 13.0. The second-order valence-electron chi connectivity index (χ2n) is 7.34. The van der Waals surface area contributed by atoms with Crippen LogP contribution in [0.1, 0.15) is 29.8 Å². The predicted octanol–water partition coefficient (Wildman–Crippen LogP) is 3.86. The van der Waals surface area contributed by atoms with Crippen LogP contribution in [-0.2, 0) is 11.2 Å². The predicted molar refractivity (Wildman–Crippen MR) is 115 cm³/mol. The number of hydrogen-bond acceptors (Lipinski definition) is 5. The van der Waals surface area contributed by atoms with Gasteiger partial charge < -0.3 is 9.64 Å². The van der Waals surface area contributed by atoms with Gasteiger partial charge in [-0.25, -0.2) is 9.67 Å². The van der Waals surface area contributed by atoms with Gasteiger partial charge in [-0.3, -0.25) is 9.69 Å². The number of nitrogens with zero attached hydrogens (tertiary/aromatic N) is 5. The van der Waals surface area contributed by atoms with Crippen molar-refractivity contribution in [3.8, 4) is 5.69 Å². The van der Waals surface area contributed by atoms with E-state index in [9.17, 15) is 18.0 Å². The Kier molecular flexibility index (Phi) is 8.37. The number of alkyl halides is 3. The molecule has 1 fully saturated rings. The number of carbonyl (C=O) groups excluding carboxylic acids is 1. The maximum Gasteiger partial charge on any atom is 0.411 e. The van der Waals surface area contributed by atoms with Gasteiger partial charge in [-0.15, -0.1) is 5.10 Å². The quantitative estimate of drug-likeness (QED) is 0.522. The van der Waals surface area contributed by atoms with Gasteiger partial charge in [0.25, 0.3) is 5.91 Å². The first-order valence-corrected chi connectivity index (χ1v) is 11.0. The smallest absolute Gasteiger partial charge is 0.372 e. The lowest BCUT2D eigenvalue weighted by Crippen LogP contribution is -2.49. The molecule has 1 aromatic heterocycles. The summed E-state index contributed by atoms with van der Waals surface area (Å²) in [6.07, 6.45) is -3.28. The molecule has 2 aromatic rings. The summed E-state index contributed by atoms with van der Waals surface area (Å²) in [5.74, 6) is 0.363. The van der Waals surface area contributed by atoms with E-state index in [0.29, 0.717) is 67.1 Å². The van der Waals surface area contributed by atoms with Crippen LogP contribution >= 0.6 is 23.2 Å². The molecule has 0 spiro atoms. The minimum Gasteiger partial charge on any atom is -0.372 e. The summed E-state index contributed by atoms with van der Waals surface area (Å²) in [5, 5.41) is 5.19. The zero-order valence-electron chi connectivity index (χ0n) is 17.5. The van der Waals surface area contributed by atoms with E-state index in [2.05, 4.69) is 19.7 Å². The minimum absolute atomic E-state index is 0.0460. The zero-order valence-corrected chi connectivity index (χ0v) is 19.1. The third-order valence-electron chi connectivity index (χ3n) is 5.02. The maximum absolute atomic E-state index is 13.0. The van der Waals surface area contributed by atoms with Crippen molar-refractivity contribution < 1.29 is 22.7 Å². The van der Waals surface area contributed by atoms with Crippen LogP contribution < -0.4 is 0 Å². The number of amides is 1. The fourth-order valence-electron chi connectivity index (χ4n) is 3.43. The van der Waals surface area contributed by atoms with Crippen molar-refractivity contribution in [2.45, 2.75) is 25.9 Å². The van der Waals surface area contributed by atoms with Crippen LogP contribution in [0, 0.1) is 0 Å². The number of carbonyl (C=O) groups is 1. The van der Waals surface area contributed by atoms with Gasteiger partial charge in [-0.05, 0) is 18.6 Å². The normalized spacial score (nSPS) is 15.4. The van der Waals surface area contributed by atoms with Crippen molar-refractivity contribution in [3.63, 3.8) is 0 Å². The van der Waals surface area contributed by atoms with E-state index < -0.39 is 12.8 Å². The van der Waals surface area contributed by atoms with Gasteiger partial charge in [0.05, 0.1) is 10.0 Å². The number of halogens is 5. The van der Waals surface area contributed by atoms with Crippen LogP contribution in [-0.4, -0.2) is 82.6 Å². The van der Waals surface area contributed by atoms with E-state index in [-0.39, 0.29) is 18.3 Å². The van der Waals surface area contributed by atoms with Gasteiger partial charge in [0, 0.05) is 45.8 Å². The van der Waals surface area contributed by atoms with Gasteiger partial charge >= 0.3 is 6.18 Å². The Labute approximate surface area is 194 Å². The highest BCUT2D eigenvalue weighted by atomic mass is 35.5. The Bertz CT molecular complexity index is 910. The second-order valence-corrected chi connectivity index (χ2v) is 8.16. The number of piperazine rings is 1. The first-order chi connectivity index (χ1) is 15.2. The second kappa shape index (κ2) is 10.8. The Morgan fingerprint density at radius 2 is 1.81 bits per heavy atom. The van der Waals surface area contributed by atoms with E-state index in [1.807, 2.05) is 6.92 Å². The van der Waals surface area contributed by atoms with Crippen LogP contribution in [0.15, 0.2) is 18.2 Å². The Morgan fingerprint density at radius 3 is 2.41 bits per heavy atom. The van der Waals surface area contributed by atoms with Crippen molar-refractivity contribution in [2.75, 3.05) is 45.9 Å². The summed E-state index contributed by atoms with van der Waals surface area (Å²) in [6.45, 7) is 3.51. The molecule has 12 heteroatoms. The zero-order chi connectivity index (χ0) is 23.3. The average molecular weight is 494 g/mol. The van der Waals surface area contributed by atoms with E-state index in [0.717, 1.165) is 0 Å². The molecule has 0 atom stereocenters. The van der Waals surface area contributed by atoms with Crippen molar-refractivity contribution in [3.05, 3.63) is 39.9 Å². The Morgan fingerprint density at radius 1 is 1.16 bits per heavy atom. The molecule has 0 aliphatic carbocycles. The number of aromatic nitrogens is 3. The molecule has 0 unspecified atom stereocenters. The van der Waals surface area contributed by atoms with Gasteiger partial charge in [-0.1, -0.05) is 36.2 Å². The van der Waals surface area contributed by atoms with Gasteiger partial charge in [-0.2, -0.15) is 13.2 Å². The topological polar surface area (TPSA) is 63.5 Å². The van der Waals surface area contributed by atoms with Crippen molar-refractivity contribution >= 4 is 29.1 Å². The lowest BCUT2D eigenvalue weighted by atomic mass is 10.3. The lowest BCUT2D eigenvalue weighted by Gasteiger charge is -2.34. The van der Waals surface area contributed by atoms with Gasteiger partial charge in [0.1, 0.15) is 18.1 Å². The number of hydrogen-bond donors (Lipinski definition) is 0. The fourth-order valence-corrected chi connectivity index (χ4v) is 3.99. The molecule has 1 aliphatic rings. The highest BCUT2D eigenvalue weighted by Crippen LogP contribution is 2.29. The summed E-state index contributed by atoms with van der Waals surface area (Å²) >= 11 is 12.6. The number of benzene rings is 1. The molecular formula is C20H24Cl2F3N5O2. The highest BCUT2D eigenvalue weighted by Gasteiger charge is 2.28. The molecule has 176 valence electrons. The van der Waals surface area contributed by atoms with Gasteiger partial charge in [0.2, 0.25) is 5.82 Å². The Hall–Kier alpha value is -1.88. The minimum atomic E-state index is -4.30. The molecule has 7 nitrogen and oxygen atoms in total. The van der Waals surface area contributed by atoms with E-state index in [1.165, 1.54) is 4.68 Å². The van der Waals surface area contributed by atoms with Crippen LogP contribution in [0.25, 0.3) is 5.69 Å². The monoisotopic (exact) mass is 493 g/mol. The number of rotatable bonds is 8. The number of para-hydroxylation sites is 1. The number of aryl methyl sites for hydroxylation is 1. The first kappa shape index (κ1) is 24.8. The van der Waals surface area contributed by atoms with Crippen LogP contribution in [0.5, 0.6) is 0 Å². The van der Waals surface area contributed by atoms with E-state index in [1.54, 1.807) is 23.1 Å². The highest BCUT2D eigenvalue weighted by molar-refractivity contribution is 6.37. The molecule has 2 heterocycles. The van der Waals surface area contributed by atoms with Crippen molar-refractivity contribution in [2.24, 2.45) is 0 Å². The number of ether oxygens (including phenoxy) is 1. The molecule has 1 saturated heterocycles. The lowest BCUT2D eigenvalue weighted by molar-refractivity contribution is -0.174. The molecule has 0 saturated carbocycles. The standard InChI is InChI=1S/C20H24Cl2F3N5O2/c1-2-16-26-18(27-30(16)17-14(21)5-3-6-15(17)22)19(31)29-10-8-28(9-11-29)7-4-12-32-13-20(23,24)25/h3,5-6H,2,4,7-13H2,1H3. The third-order valence-corrected chi connectivity index (χ3v) is 5.63. The molecule has 0 N–H and O–H groups in total. The third kappa shape index (κ3) is 6.34. The molecule has 1 amide bonds. The average Bonchev–Trinajstić information content (AvgIpc) is 3.16. The van der Waals surface area contributed by atoms with E-state index in [4.69, 9.17) is 23.2 Å². The first-order valence-electron chi connectivity index (χ1n) is 10.3. The summed E-state index contributed by atoms with van der Waals surface area (Å²) in [4.78, 5) is 21.1. The van der Waals surface area contributed by atoms with Crippen LogP contribution in [0.3, 0.4) is 0 Å². The van der Waals surface area contributed by atoms with E-state index >= 15 is 0 Å². The molecule has 32 heavy (non-hydrogen) atoms. The molecule has 1 aromatic carbocycles. The summed E-state index contributed by atoms with van der Waals surface area (Å²) < 4.78 is 42.4. The van der Waals surface area contributed by atoms with Crippen molar-refractivity contribution in [1.82, 2.24) is 24.6 Å². The fraction of sp³-hybridized carbons (Fsp3) is 0.550. The SMILES string of the molecule is CCc1nc(C(=O)N2CCN(CCCOCC(F)(F)F)CC2)nn1-c1c(Cl)cccc1Cl. The molecule has 0 radical (unpaired) electrons.